The number of rotatable bonds is 5. The normalized spacial score (nSPS) is 14.8. The topological polar surface area (TPSA) is 92.1 Å². The fourth-order valence-corrected chi connectivity index (χ4v) is 3.01. The molecule has 0 spiro atoms. The Labute approximate surface area is 135 Å². The first kappa shape index (κ1) is 18.1. The molecule has 1 aliphatic rings. The van der Waals surface area contributed by atoms with Crippen molar-refractivity contribution in [3.05, 3.63) is 34.9 Å². The van der Waals surface area contributed by atoms with Gasteiger partial charge < -0.3 is 0 Å². The Morgan fingerprint density at radius 1 is 1.25 bits per heavy atom. The lowest BCUT2D eigenvalue weighted by Gasteiger charge is -2.12. The lowest BCUT2D eigenvalue weighted by Crippen LogP contribution is -2.19. The summed E-state index contributed by atoms with van der Waals surface area (Å²) in [5, 5.41) is 7.10. The van der Waals surface area contributed by atoms with Gasteiger partial charge in [0, 0.05) is 17.7 Å². The molecular weight excluding hydrogens is 347 g/mol. The van der Waals surface area contributed by atoms with Crippen LogP contribution in [0.2, 0.25) is 0 Å². The van der Waals surface area contributed by atoms with Crippen LogP contribution >= 0.6 is 0 Å². The Morgan fingerprint density at radius 2 is 1.83 bits per heavy atom. The predicted molar refractivity (Wildman–Crippen MR) is 77.9 cm³/mol. The zero-order chi connectivity index (χ0) is 18.3. The van der Waals surface area contributed by atoms with Crippen LogP contribution in [0.25, 0.3) is 0 Å². The Hall–Kier alpha value is -2.25. The number of benzene rings is 1. The lowest BCUT2D eigenvalue weighted by molar-refractivity contribution is -0.137. The van der Waals surface area contributed by atoms with Crippen molar-refractivity contribution in [3.63, 3.8) is 0 Å². The van der Waals surface area contributed by atoms with Crippen LogP contribution in [-0.4, -0.2) is 32.1 Å². The highest BCUT2D eigenvalue weighted by Crippen LogP contribution is 2.35. The van der Waals surface area contributed by atoms with Crippen LogP contribution in [0.15, 0.2) is 28.7 Å². The van der Waals surface area contributed by atoms with E-state index in [-0.39, 0.29) is 0 Å². The number of hydrogen-bond donors (Lipinski definition) is 1. The van der Waals surface area contributed by atoms with Gasteiger partial charge in [-0.3, -0.25) is 15.0 Å². The number of halogens is 3. The fraction of sp³-hybridized carbons (Fsp3) is 0.333. The van der Waals surface area contributed by atoms with Gasteiger partial charge in [-0.05, 0) is 36.9 Å². The van der Waals surface area contributed by atoms with E-state index >= 15 is 0 Å². The summed E-state index contributed by atoms with van der Waals surface area (Å²) in [4.78, 5) is 23.5. The Balaban J connectivity index is 2.59. The molecular formula is C15H12F3NO4S. The van der Waals surface area contributed by atoms with E-state index in [2.05, 4.69) is 0 Å². The van der Waals surface area contributed by atoms with E-state index in [1.165, 1.54) is 0 Å². The van der Waals surface area contributed by atoms with Crippen molar-refractivity contribution in [3.8, 4) is 0 Å². The second kappa shape index (κ2) is 5.99. The van der Waals surface area contributed by atoms with Crippen LogP contribution in [0.3, 0.4) is 0 Å². The first-order valence-corrected chi connectivity index (χ1v) is 8.66. The van der Waals surface area contributed by atoms with Crippen LogP contribution in [-0.2, 0) is 20.8 Å². The highest BCUT2D eigenvalue weighted by Gasteiger charge is 2.37. The number of allylic oxidation sites excluding steroid dienone is 1. The highest BCUT2D eigenvalue weighted by molar-refractivity contribution is 7.90. The molecule has 0 bridgehead atoms. The summed E-state index contributed by atoms with van der Waals surface area (Å²) in [5.41, 5.74) is -2.45. The largest absolute Gasteiger partial charge is 0.416 e. The van der Waals surface area contributed by atoms with Gasteiger partial charge in [-0.2, -0.15) is 13.2 Å². The summed E-state index contributed by atoms with van der Waals surface area (Å²) in [6.45, 7) is 0. The zero-order valence-corrected chi connectivity index (χ0v) is 13.2. The van der Waals surface area contributed by atoms with Gasteiger partial charge >= 0.3 is 6.18 Å². The molecule has 0 aliphatic heterocycles. The summed E-state index contributed by atoms with van der Waals surface area (Å²) in [6, 6.07) is 1.62. The average Bonchev–Trinajstić information content (AvgIpc) is 3.29. The molecule has 0 aromatic heterocycles. The summed E-state index contributed by atoms with van der Waals surface area (Å²) < 4.78 is 61.9. The van der Waals surface area contributed by atoms with Gasteiger partial charge in [0.05, 0.1) is 10.5 Å². The van der Waals surface area contributed by atoms with Gasteiger partial charge in [-0.1, -0.05) is 0 Å². The van der Waals surface area contributed by atoms with E-state index in [9.17, 15) is 31.2 Å². The van der Waals surface area contributed by atoms with Crippen molar-refractivity contribution in [2.24, 2.45) is 5.92 Å². The zero-order valence-electron chi connectivity index (χ0n) is 12.4. The van der Waals surface area contributed by atoms with E-state index in [4.69, 9.17) is 5.41 Å². The molecule has 1 aromatic carbocycles. The third-order valence-corrected chi connectivity index (χ3v) is 4.64. The molecule has 1 saturated carbocycles. The fourth-order valence-electron chi connectivity index (χ4n) is 2.11. The Morgan fingerprint density at radius 3 is 2.25 bits per heavy atom. The molecule has 0 radical (unpaired) electrons. The molecule has 9 heteroatoms. The number of hydrogen-bond acceptors (Lipinski definition) is 5. The maximum absolute atomic E-state index is 12.8. The molecule has 1 fully saturated rings. The molecule has 5 nitrogen and oxygen atoms in total. The molecule has 1 aromatic rings. The third kappa shape index (κ3) is 3.63. The van der Waals surface area contributed by atoms with Crippen molar-refractivity contribution in [1.82, 2.24) is 0 Å². The lowest BCUT2D eigenvalue weighted by atomic mass is 9.98. The molecule has 1 aliphatic carbocycles. The van der Waals surface area contributed by atoms with Crippen molar-refractivity contribution in [1.29, 1.82) is 5.41 Å². The van der Waals surface area contributed by atoms with E-state index < -0.39 is 55.1 Å². The number of ketones is 2. The quantitative estimate of drug-likeness (QED) is 0.287. The highest BCUT2D eigenvalue weighted by atomic mass is 32.2. The molecule has 2 rings (SSSR count). The summed E-state index contributed by atoms with van der Waals surface area (Å²) >= 11 is 0. The van der Waals surface area contributed by atoms with Gasteiger partial charge in [0.25, 0.3) is 0 Å². The van der Waals surface area contributed by atoms with Crippen LogP contribution in [0, 0.1) is 11.3 Å². The molecule has 0 heterocycles. The van der Waals surface area contributed by atoms with Crippen molar-refractivity contribution >= 4 is 27.3 Å². The van der Waals surface area contributed by atoms with Crippen LogP contribution in [0.5, 0.6) is 0 Å². The SMILES string of the molecule is CS(=O)(=O)c1cc(C(F)(F)F)ccc1C(=O)C(=C=N)C(=O)C1CC1. The minimum Gasteiger partial charge on any atom is -0.293 e. The van der Waals surface area contributed by atoms with Gasteiger partial charge in [-0.25, -0.2) is 8.42 Å². The van der Waals surface area contributed by atoms with Gasteiger partial charge in [-0.15, -0.1) is 0 Å². The van der Waals surface area contributed by atoms with Crippen molar-refractivity contribution in [2.45, 2.75) is 23.9 Å². The Kier molecular flexibility index (Phi) is 4.52. The van der Waals surface area contributed by atoms with Gasteiger partial charge in [0.1, 0.15) is 5.57 Å². The number of sulfone groups is 1. The third-order valence-electron chi connectivity index (χ3n) is 3.50. The van der Waals surface area contributed by atoms with Crippen molar-refractivity contribution < 1.29 is 31.2 Å². The van der Waals surface area contributed by atoms with Crippen LogP contribution in [0.4, 0.5) is 13.2 Å². The van der Waals surface area contributed by atoms with Crippen molar-refractivity contribution in [2.75, 3.05) is 6.26 Å². The monoisotopic (exact) mass is 359 g/mol. The molecule has 128 valence electrons. The summed E-state index contributed by atoms with van der Waals surface area (Å²) in [6.07, 6.45) is -3.03. The van der Waals surface area contributed by atoms with Crippen LogP contribution in [0.1, 0.15) is 28.8 Å². The number of Topliss-reactive ketones (excluding diaryl/α,β-unsaturated/α-hetero) is 2. The second-order valence-corrected chi connectivity index (χ2v) is 7.43. The van der Waals surface area contributed by atoms with E-state index in [0.717, 1.165) is 0 Å². The molecule has 0 unspecified atom stereocenters. The number of carbonyl (C=O) groups is 2. The summed E-state index contributed by atoms with van der Waals surface area (Å²) in [7, 11) is -4.17. The molecule has 1 N–H and O–H groups in total. The molecule has 0 saturated heterocycles. The number of nitrogens with one attached hydrogen (secondary N) is 1. The predicted octanol–water partition coefficient (Wildman–Crippen LogP) is 2.45. The Bertz CT molecular complexity index is 876. The standard InChI is InChI=1S/C15H12F3NO4S/c1-24(22,23)12-6-9(15(16,17)18)4-5-10(12)14(21)11(7-19)13(20)8-2-3-8/h4-6,8,19H,2-3H2,1H3. The molecule has 0 atom stereocenters. The number of alkyl halides is 3. The average molecular weight is 359 g/mol. The first-order chi connectivity index (χ1) is 11.0. The minimum absolute atomic E-state index is 0.353. The molecule has 24 heavy (non-hydrogen) atoms. The van der Waals surface area contributed by atoms with E-state index in [0.29, 0.717) is 37.3 Å². The van der Waals surface area contributed by atoms with E-state index in [1.807, 2.05) is 0 Å². The van der Waals surface area contributed by atoms with Crippen LogP contribution < -0.4 is 0 Å². The maximum Gasteiger partial charge on any atom is 0.416 e. The minimum atomic E-state index is -4.79. The first-order valence-electron chi connectivity index (χ1n) is 6.76. The molecule has 0 amide bonds. The second-order valence-electron chi connectivity index (χ2n) is 5.45. The maximum atomic E-state index is 12.8. The smallest absolute Gasteiger partial charge is 0.293 e. The van der Waals surface area contributed by atoms with Gasteiger partial charge in [0.15, 0.2) is 15.6 Å². The van der Waals surface area contributed by atoms with E-state index in [1.54, 1.807) is 5.87 Å². The summed E-state index contributed by atoms with van der Waals surface area (Å²) in [5.74, 6) is -0.482. The number of carbonyl (C=O) groups excluding carboxylic acids is 2. The van der Waals surface area contributed by atoms with Gasteiger partial charge in [0.2, 0.25) is 5.78 Å².